The Hall–Kier alpha value is -3.36. The molecule has 0 aromatic carbocycles. The molecule has 3 heterocycles. The van der Waals surface area contributed by atoms with Gasteiger partial charge in [-0.2, -0.15) is 0 Å². The van der Waals surface area contributed by atoms with Gasteiger partial charge in [-0.15, -0.1) is 5.73 Å². The zero-order valence-electron chi connectivity index (χ0n) is 18.6. The van der Waals surface area contributed by atoms with Gasteiger partial charge in [-0.1, -0.05) is 30.7 Å². The van der Waals surface area contributed by atoms with Gasteiger partial charge in [0.05, 0.1) is 17.5 Å². The van der Waals surface area contributed by atoms with Crippen LogP contribution in [-0.4, -0.2) is 33.3 Å². The van der Waals surface area contributed by atoms with Crippen molar-refractivity contribution in [1.82, 2.24) is 14.3 Å². The average molecular weight is 412 g/mol. The number of nitrogens with zero attached hydrogens (tertiary/aromatic N) is 3. The number of carbonyl (C=O) groups is 1. The highest BCUT2D eigenvalue weighted by Gasteiger charge is 2.29. The highest BCUT2D eigenvalue weighted by atomic mass is 16.2. The lowest BCUT2D eigenvalue weighted by Crippen LogP contribution is -2.26. The van der Waals surface area contributed by atoms with Crippen LogP contribution in [0.25, 0.3) is 11.1 Å². The third-order valence-corrected chi connectivity index (χ3v) is 6.18. The molecule has 1 fully saturated rings. The van der Waals surface area contributed by atoms with E-state index in [9.17, 15) is 4.79 Å². The lowest BCUT2D eigenvalue weighted by atomic mass is 9.98. The molecule has 2 aromatic rings. The van der Waals surface area contributed by atoms with Gasteiger partial charge >= 0.3 is 0 Å². The molecule has 4 nitrogen and oxygen atoms in total. The van der Waals surface area contributed by atoms with E-state index < -0.39 is 0 Å². The third kappa shape index (κ3) is 4.26. The number of hydrogen-bond acceptors (Lipinski definition) is 2. The lowest BCUT2D eigenvalue weighted by molar-refractivity contribution is -0.125. The van der Waals surface area contributed by atoms with Crippen LogP contribution in [-0.2, 0) is 4.79 Å². The van der Waals surface area contributed by atoms with Crippen LogP contribution < -0.4 is 0 Å². The van der Waals surface area contributed by atoms with Crippen LogP contribution in [0.15, 0.2) is 84.1 Å². The van der Waals surface area contributed by atoms with Gasteiger partial charge in [0.25, 0.3) is 0 Å². The summed E-state index contributed by atoms with van der Waals surface area (Å²) in [5, 5.41) is 0. The number of carbonyl (C=O) groups excluding carboxylic acids is 1. The van der Waals surface area contributed by atoms with Crippen LogP contribution >= 0.6 is 0 Å². The fourth-order valence-corrected chi connectivity index (χ4v) is 4.17. The summed E-state index contributed by atoms with van der Waals surface area (Å²) in [6.45, 7) is 11.7. The van der Waals surface area contributed by atoms with E-state index in [1.165, 1.54) is 5.56 Å². The Labute approximate surface area is 184 Å². The number of allylic oxidation sites excluding steroid dienone is 7. The van der Waals surface area contributed by atoms with Gasteiger partial charge in [-0.25, -0.2) is 4.98 Å². The van der Waals surface area contributed by atoms with Crippen LogP contribution in [0.2, 0.25) is 0 Å². The first-order chi connectivity index (χ1) is 15.0. The maximum absolute atomic E-state index is 12.6. The molecular formula is C27H29N3O. The molecule has 1 atom stereocenters. The summed E-state index contributed by atoms with van der Waals surface area (Å²) in [5.41, 5.74) is 11.1. The van der Waals surface area contributed by atoms with Gasteiger partial charge in [-0.3, -0.25) is 9.20 Å². The van der Waals surface area contributed by atoms with E-state index in [0.29, 0.717) is 5.92 Å². The molecule has 1 unspecified atom stereocenters. The van der Waals surface area contributed by atoms with Crippen LogP contribution in [0, 0.1) is 0 Å². The Morgan fingerprint density at radius 1 is 1.35 bits per heavy atom. The van der Waals surface area contributed by atoms with Gasteiger partial charge in [-0.05, 0) is 68.2 Å². The van der Waals surface area contributed by atoms with Crippen LogP contribution in [0.1, 0.15) is 50.8 Å². The second kappa shape index (κ2) is 8.79. The molecule has 2 aromatic heterocycles. The standard InChI is InChI=1S/C27H29N3O/c1-5-20(4)15-27(31)29-14-12-23(17-29)24-16-26(30-18-28-13-11-25(24)30)22-8-6-7-21(9-10-22)19(2)3/h6-7,9-11,13,15-16,18,23H,2,5,12,14,17H2,1,3-4H3/b20-15-. The quantitative estimate of drug-likeness (QED) is 0.473. The molecule has 158 valence electrons. The van der Waals surface area contributed by atoms with E-state index in [1.807, 2.05) is 43.4 Å². The Balaban J connectivity index is 1.66. The highest BCUT2D eigenvalue weighted by Crippen LogP contribution is 2.34. The van der Waals surface area contributed by atoms with Crippen LogP contribution in [0.3, 0.4) is 0 Å². The summed E-state index contributed by atoms with van der Waals surface area (Å²) in [6.07, 6.45) is 15.5. The number of rotatable bonds is 5. The van der Waals surface area contributed by atoms with Crippen molar-refractivity contribution < 1.29 is 4.79 Å². The van der Waals surface area contributed by atoms with Gasteiger partial charge < -0.3 is 4.90 Å². The molecule has 1 saturated heterocycles. The van der Waals surface area contributed by atoms with Crippen molar-refractivity contribution >= 4 is 17.0 Å². The monoisotopic (exact) mass is 411 g/mol. The molecule has 1 aliphatic heterocycles. The zero-order valence-corrected chi connectivity index (χ0v) is 18.6. The summed E-state index contributed by atoms with van der Waals surface area (Å²) in [7, 11) is 0. The minimum atomic E-state index is 0.128. The second-order valence-corrected chi connectivity index (χ2v) is 8.39. The molecule has 0 N–H and O–H groups in total. The van der Waals surface area contributed by atoms with E-state index in [2.05, 4.69) is 52.9 Å². The summed E-state index contributed by atoms with van der Waals surface area (Å²) < 4.78 is 2.13. The molecule has 0 saturated carbocycles. The summed E-state index contributed by atoms with van der Waals surface area (Å²) >= 11 is 0. The average Bonchev–Trinajstić information content (AvgIpc) is 3.32. The molecule has 2 aliphatic rings. The Bertz CT molecular complexity index is 1200. The predicted octanol–water partition coefficient (Wildman–Crippen LogP) is 5.62. The Kier molecular flexibility index (Phi) is 5.92. The number of hydrogen-bond donors (Lipinski definition) is 0. The predicted molar refractivity (Wildman–Crippen MR) is 127 cm³/mol. The SMILES string of the molecule is C=C(C)C1=CC=C=C(c2cc(C3CCN(C(=O)/C=C(/C)CC)C3)c3ccncn23)C=C1. The first-order valence-electron chi connectivity index (χ1n) is 10.9. The van der Waals surface area contributed by atoms with E-state index >= 15 is 0 Å². The summed E-state index contributed by atoms with van der Waals surface area (Å²) in [5.74, 6) is 0.442. The van der Waals surface area contributed by atoms with Crippen molar-refractivity contribution in [3.8, 4) is 0 Å². The second-order valence-electron chi connectivity index (χ2n) is 8.39. The van der Waals surface area contributed by atoms with Gasteiger partial charge in [0.15, 0.2) is 0 Å². The van der Waals surface area contributed by atoms with E-state index in [0.717, 1.165) is 59.4 Å². The maximum Gasteiger partial charge on any atom is 0.246 e. The van der Waals surface area contributed by atoms with Crippen molar-refractivity contribution in [2.75, 3.05) is 13.1 Å². The number of likely N-dealkylation sites (tertiary alicyclic amines) is 1. The van der Waals surface area contributed by atoms with Crippen molar-refractivity contribution in [3.63, 3.8) is 0 Å². The summed E-state index contributed by atoms with van der Waals surface area (Å²) in [4.78, 5) is 18.9. The molecule has 0 radical (unpaired) electrons. The van der Waals surface area contributed by atoms with Crippen molar-refractivity contribution in [2.45, 2.75) is 39.5 Å². The van der Waals surface area contributed by atoms with Gasteiger partial charge in [0.1, 0.15) is 0 Å². The number of aromatic nitrogens is 2. The summed E-state index contributed by atoms with van der Waals surface area (Å²) in [6, 6.07) is 4.31. The highest BCUT2D eigenvalue weighted by molar-refractivity contribution is 5.88. The number of fused-ring (bicyclic) bond motifs is 1. The first kappa shape index (κ1) is 20.9. The Morgan fingerprint density at radius 3 is 2.97 bits per heavy atom. The Morgan fingerprint density at radius 2 is 2.19 bits per heavy atom. The van der Waals surface area contributed by atoms with E-state index in [1.54, 1.807) is 6.08 Å². The largest absolute Gasteiger partial charge is 0.339 e. The van der Waals surface area contributed by atoms with Crippen molar-refractivity contribution in [3.05, 3.63) is 95.3 Å². The first-order valence-corrected chi connectivity index (χ1v) is 10.9. The smallest absolute Gasteiger partial charge is 0.246 e. The molecule has 0 bridgehead atoms. The minimum absolute atomic E-state index is 0.128. The molecule has 1 aliphatic carbocycles. The van der Waals surface area contributed by atoms with Gasteiger partial charge in [0, 0.05) is 36.9 Å². The van der Waals surface area contributed by atoms with E-state index in [-0.39, 0.29) is 5.91 Å². The maximum atomic E-state index is 12.6. The van der Waals surface area contributed by atoms with Crippen LogP contribution in [0.4, 0.5) is 0 Å². The normalized spacial score (nSPS) is 18.9. The molecule has 4 heteroatoms. The van der Waals surface area contributed by atoms with Crippen LogP contribution in [0.5, 0.6) is 0 Å². The van der Waals surface area contributed by atoms with Gasteiger partial charge in [0.2, 0.25) is 5.91 Å². The molecule has 1 amide bonds. The molecular weight excluding hydrogens is 382 g/mol. The van der Waals surface area contributed by atoms with E-state index in [4.69, 9.17) is 0 Å². The molecule has 4 rings (SSSR count). The molecule has 31 heavy (non-hydrogen) atoms. The van der Waals surface area contributed by atoms with Crippen molar-refractivity contribution in [2.24, 2.45) is 0 Å². The fraction of sp³-hybridized carbons (Fsp3) is 0.296. The topological polar surface area (TPSA) is 37.6 Å². The van der Waals surface area contributed by atoms with Crippen molar-refractivity contribution in [1.29, 1.82) is 0 Å². The molecule has 0 spiro atoms. The zero-order chi connectivity index (χ0) is 22.0. The third-order valence-electron chi connectivity index (χ3n) is 6.18. The minimum Gasteiger partial charge on any atom is -0.339 e. The number of amides is 1. The lowest BCUT2D eigenvalue weighted by Gasteiger charge is -2.15. The fourth-order valence-electron chi connectivity index (χ4n) is 4.17.